The largest absolute Gasteiger partial charge is 0.330 e. The van der Waals surface area contributed by atoms with E-state index in [0.29, 0.717) is 10.0 Å². The summed E-state index contributed by atoms with van der Waals surface area (Å²) in [7, 11) is 0. The second kappa shape index (κ2) is 7.63. The summed E-state index contributed by atoms with van der Waals surface area (Å²) in [6.45, 7) is 3.93. The Bertz CT molecular complexity index is 643. The molecule has 0 unspecified atom stereocenters. The van der Waals surface area contributed by atoms with Crippen LogP contribution >= 0.6 is 23.2 Å². The Morgan fingerprint density at radius 2 is 1.73 bits per heavy atom. The molecule has 0 saturated heterocycles. The van der Waals surface area contributed by atoms with Gasteiger partial charge in [0.2, 0.25) is 0 Å². The first-order chi connectivity index (χ1) is 10.5. The smallest absolute Gasteiger partial charge is 0.282 e. The lowest BCUT2D eigenvalue weighted by Crippen LogP contribution is -2.91. The highest BCUT2D eigenvalue weighted by Gasteiger charge is 2.20. The average molecular weight is 338 g/mol. The van der Waals surface area contributed by atoms with E-state index in [-0.39, 0.29) is 18.0 Å². The Balaban J connectivity index is 1.94. The third kappa shape index (κ3) is 4.73. The van der Waals surface area contributed by atoms with Crippen LogP contribution < -0.4 is 10.6 Å². The molecule has 0 spiro atoms. The van der Waals surface area contributed by atoms with Crippen LogP contribution in [0.5, 0.6) is 0 Å². The molecule has 116 valence electrons. The molecule has 0 saturated carbocycles. The number of nitrogens with two attached hydrogens (primary N) is 1. The van der Waals surface area contributed by atoms with Crippen molar-refractivity contribution in [2.75, 3.05) is 5.32 Å². The fourth-order valence-corrected chi connectivity index (χ4v) is 2.54. The Labute approximate surface area is 140 Å². The zero-order chi connectivity index (χ0) is 16.1. The van der Waals surface area contributed by atoms with Gasteiger partial charge in [-0.25, -0.2) is 0 Å². The molecule has 2 atom stereocenters. The lowest BCUT2D eigenvalue weighted by molar-refractivity contribution is -0.709. The van der Waals surface area contributed by atoms with Gasteiger partial charge in [0.25, 0.3) is 5.91 Å². The van der Waals surface area contributed by atoms with Crippen molar-refractivity contribution in [3.05, 3.63) is 64.1 Å². The lowest BCUT2D eigenvalue weighted by atomic mass is 10.1. The molecule has 22 heavy (non-hydrogen) atoms. The predicted octanol–water partition coefficient (Wildman–Crippen LogP) is 3.65. The fraction of sp³-hybridized carbons (Fsp3) is 0.235. The van der Waals surface area contributed by atoms with Gasteiger partial charge in [0.05, 0.1) is 0 Å². The maximum atomic E-state index is 12.2. The zero-order valence-corrected chi connectivity index (χ0v) is 14.0. The Kier molecular flexibility index (Phi) is 5.83. The van der Waals surface area contributed by atoms with E-state index in [0.717, 1.165) is 11.3 Å². The van der Waals surface area contributed by atoms with E-state index in [9.17, 15) is 4.79 Å². The number of nitrogens with one attached hydrogen (secondary N) is 1. The van der Waals surface area contributed by atoms with Crippen molar-refractivity contribution in [1.29, 1.82) is 0 Å². The highest BCUT2D eigenvalue weighted by molar-refractivity contribution is 6.30. The summed E-state index contributed by atoms with van der Waals surface area (Å²) in [5.74, 6) is -0.0452. The van der Waals surface area contributed by atoms with E-state index in [2.05, 4.69) is 12.2 Å². The molecule has 0 radical (unpaired) electrons. The zero-order valence-electron chi connectivity index (χ0n) is 12.5. The van der Waals surface area contributed by atoms with Gasteiger partial charge in [-0.2, -0.15) is 0 Å². The van der Waals surface area contributed by atoms with Crippen LogP contribution in [0.3, 0.4) is 0 Å². The van der Waals surface area contributed by atoms with E-state index in [1.54, 1.807) is 24.3 Å². The van der Waals surface area contributed by atoms with Crippen LogP contribution in [0, 0.1) is 0 Å². The molecule has 3 N–H and O–H groups in total. The maximum Gasteiger partial charge on any atom is 0.282 e. The molecule has 5 heteroatoms. The first-order valence-corrected chi connectivity index (χ1v) is 7.88. The van der Waals surface area contributed by atoms with Crippen LogP contribution in [0.15, 0.2) is 48.5 Å². The second-order valence-electron chi connectivity index (χ2n) is 5.32. The summed E-state index contributed by atoms with van der Waals surface area (Å²) in [6, 6.07) is 14.7. The van der Waals surface area contributed by atoms with Gasteiger partial charge < -0.3 is 10.6 Å². The minimum Gasteiger partial charge on any atom is -0.330 e. The van der Waals surface area contributed by atoms with Crippen molar-refractivity contribution < 1.29 is 10.1 Å². The molecular formula is C17H19Cl2N2O+. The van der Waals surface area contributed by atoms with Gasteiger partial charge in [0, 0.05) is 21.3 Å². The summed E-state index contributed by atoms with van der Waals surface area (Å²) >= 11 is 11.8. The molecule has 0 heterocycles. The van der Waals surface area contributed by atoms with Crippen molar-refractivity contribution in [2.24, 2.45) is 0 Å². The molecule has 2 aromatic carbocycles. The van der Waals surface area contributed by atoms with Gasteiger partial charge >= 0.3 is 0 Å². The SMILES string of the molecule is C[C@H]([NH2+][C@H](C)C(=O)Nc1ccc(Cl)cc1)c1cccc(Cl)c1. The lowest BCUT2D eigenvalue weighted by Gasteiger charge is -2.17. The van der Waals surface area contributed by atoms with Crippen molar-refractivity contribution in [1.82, 2.24) is 0 Å². The van der Waals surface area contributed by atoms with E-state index >= 15 is 0 Å². The van der Waals surface area contributed by atoms with Crippen LogP contribution in [0.2, 0.25) is 10.0 Å². The Hall–Kier alpha value is -1.55. The van der Waals surface area contributed by atoms with Crippen LogP contribution in [-0.4, -0.2) is 11.9 Å². The molecule has 0 aliphatic carbocycles. The summed E-state index contributed by atoms with van der Waals surface area (Å²) in [5.41, 5.74) is 1.84. The predicted molar refractivity (Wildman–Crippen MR) is 91.3 cm³/mol. The number of carbonyl (C=O) groups is 1. The molecule has 2 rings (SSSR count). The molecular weight excluding hydrogens is 319 g/mol. The quantitative estimate of drug-likeness (QED) is 0.859. The Morgan fingerprint density at radius 1 is 1.05 bits per heavy atom. The van der Waals surface area contributed by atoms with Crippen LogP contribution in [0.25, 0.3) is 0 Å². The normalized spacial score (nSPS) is 13.5. The van der Waals surface area contributed by atoms with Gasteiger partial charge in [-0.05, 0) is 50.2 Å². The summed E-state index contributed by atoms with van der Waals surface area (Å²) < 4.78 is 0. The number of rotatable bonds is 5. The second-order valence-corrected chi connectivity index (χ2v) is 6.19. The first kappa shape index (κ1) is 16.8. The van der Waals surface area contributed by atoms with Crippen molar-refractivity contribution >= 4 is 34.8 Å². The van der Waals surface area contributed by atoms with Crippen molar-refractivity contribution in [2.45, 2.75) is 25.9 Å². The van der Waals surface area contributed by atoms with Crippen LogP contribution in [0.1, 0.15) is 25.5 Å². The highest BCUT2D eigenvalue weighted by Crippen LogP contribution is 2.15. The third-order valence-corrected chi connectivity index (χ3v) is 3.96. The monoisotopic (exact) mass is 337 g/mol. The number of halogens is 2. The molecule has 1 amide bonds. The molecule has 0 aromatic heterocycles. The van der Waals surface area contributed by atoms with Gasteiger partial charge in [-0.1, -0.05) is 35.3 Å². The number of anilines is 1. The average Bonchev–Trinajstić information content (AvgIpc) is 2.49. The van der Waals surface area contributed by atoms with Gasteiger partial charge in [0.1, 0.15) is 6.04 Å². The van der Waals surface area contributed by atoms with E-state index in [4.69, 9.17) is 23.2 Å². The molecule has 0 aliphatic rings. The van der Waals surface area contributed by atoms with Gasteiger partial charge in [0.15, 0.2) is 6.04 Å². The summed E-state index contributed by atoms with van der Waals surface area (Å²) in [6.07, 6.45) is 0. The topological polar surface area (TPSA) is 45.7 Å². The highest BCUT2D eigenvalue weighted by atomic mass is 35.5. The van der Waals surface area contributed by atoms with Gasteiger partial charge in [-0.3, -0.25) is 4.79 Å². The van der Waals surface area contributed by atoms with Crippen molar-refractivity contribution in [3.63, 3.8) is 0 Å². The molecule has 0 aliphatic heterocycles. The summed E-state index contributed by atoms with van der Waals surface area (Å²) in [5, 5.41) is 6.24. The van der Waals surface area contributed by atoms with Gasteiger partial charge in [-0.15, -0.1) is 0 Å². The number of amides is 1. The minimum absolute atomic E-state index is 0.0452. The number of benzene rings is 2. The fourth-order valence-electron chi connectivity index (χ4n) is 2.21. The molecule has 0 bridgehead atoms. The number of carbonyl (C=O) groups excluding carboxylic acids is 1. The number of hydrogen-bond donors (Lipinski definition) is 2. The van der Waals surface area contributed by atoms with E-state index in [1.165, 1.54) is 0 Å². The molecule has 3 nitrogen and oxygen atoms in total. The molecule has 2 aromatic rings. The van der Waals surface area contributed by atoms with Crippen LogP contribution in [0.4, 0.5) is 5.69 Å². The van der Waals surface area contributed by atoms with E-state index in [1.807, 2.05) is 36.5 Å². The number of quaternary nitrogens is 1. The standard InChI is InChI=1S/C17H18Cl2N2O/c1-11(13-4-3-5-15(19)10-13)20-12(2)17(22)21-16-8-6-14(18)7-9-16/h3-12,20H,1-2H3,(H,21,22)/p+1/t11-,12+/m0/s1. The summed E-state index contributed by atoms with van der Waals surface area (Å²) in [4.78, 5) is 12.2. The van der Waals surface area contributed by atoms with Crippen LogP contribution in [-0.2, 0) is 4.79 Å². The first-order valence-electron chi connectivity index (χ1n) is 7.12. The maximum absolute atomic E-state index is 12.2. The Morgan fingerprint density at radius 3 is 2.36 bits per heavy atom. The number of hydrogen-bond acceptors (Lipinski definition) is 1. The molecule has 0 fully saturated rings. The minimum atomic E-state index is -0.218. The van der Waals surface area contributed by atoms with Crippen molar-refractivity contribution in [3.8, 4) is 0 Å². The third-order valence-electron chi connectivity index (χ3n) is 3.48. The van der Waals surface area contributed by atoms with E-state index < -0.39 is 0 Å².